The number of nitrogens with one attached hydrogen (secondary N) is 1. The summed E-state index contributed by atoms with van der Waals surface area (Å²) in [7, 11) is 0. The first kappa shape index (κ1) is 12.2. The third kappa shape index (κ3) is 2.48. The monoisotopic (exact) mass is 289 g/mol. The number of rotatable bonds is 2. The lowest BCUT2D eigenvalue weighted by Gasteiger charge is -2.02. The fraction of sp³-hybridized carbons (Fsp3) is 0. The van der Waals surface area contributed by atoms with E-state index in [9.17, 15) is 0 Å². The van der Waals surface area contributed by atoms with Crippen molar-refractivity contribution in [3.8, 4) is 22.5 Å². The van der Waals surface area contributed by atoms with Crippen LogP contribution in [0.15, 0.2) is 48.5 Å². The van der Waals surface area contributed by atoms with E-state index in [4.69, 9.17) is 23.2 Å². The molecule has 0 spiro atoms. The molecule has 19 heavy (non-hydrogen) atoms. The Morgan fingerprint density at radius 1 is 0.737 bits per heavy atom. The van der Waals surface area contributed by atoms with Gasteiger partial charge in [0.05, 0.1) is 0 Å². The van der Waals surface area contributed by atoms with Crippen molar-refractivity contribution in [1.29, 1.82) is 0 Å². The normalized spacial score (nSPS) is 10.6. The molecule has 0 aliphatic carbocycles. The molecule has 0 saturated heterocycles. The molecule has 0 bridgehead atoms. The Labute approximate surface area is 120 Å². The van der Waals surface area contributed by atoms with Crippen LogP contribution in [0.4, 0.5) is 0 Å². The second-order valence-electron chi connectivity index (χ2n) is 4.04. The minimum atomic E-state index is 0.664. The van der Waals surface area contributed by atoms with Crippen molar-refractivity contribution in [2.45, 2.75) is 0 Å². The minimum absolute atomic E-state index is 0.664. The first-order valence-electron chi connectivity index (χ1n) is 5.67. The molecule has 3 rings (SSSR count). The van der Waals surface area contributed by atoms with Crippen LogP contribution in [-0.2, 0) is 0 Å². The van der Waals surface area contributed by atoms with E-state index >= 15 is 0 Å². The summed E-state index contributed by atoms with van der Waals surface area (Å²) in [4.78, 5) is 0. The molecular formula is C14H9Cl2N3. The van der Waals surface area contributed by atoms with Gasteiger partial charge in [0.2, 0.25) is 0 Å². The Morgan fingerprint density at radius 2 is 1.21 bits per heavy atom. The van der Waals surface area contributed by atoms with E-state index in [1.807, 2.05) is 48.5 Å². The summed E-state index contributed by atoms with van der Waals surface area (Å²) in [5.74, 6) is 0. The average molecular weight is 290 g/mol. The van der Waals surface area contributed by atoms with Crippen molar-refractivity contribution in [3.63, 3.8) is 0 Å². The maximum Gasteiger partial charge on any atom is 0.120 e. The summed E-state index contributed by atoms with van der Waals surface area (Å²) in [5, 5.41) is 12.4. The molecular weight excluding hydrogens is 281 g/mol. The van der Waals surface area contributed by atoms with Gasteiger partial charge in [-0.05, 0) is 24.3 Å². The van der Waals surface area contributed by atoms with Gasteiger partial charge in [-0.3, -0.25) is 0 Å². The highest BCUT2D eigenvalue weighted by molar-refractivity contribution is 6.31. The van der Waals surface area contributed by atoms with Crippen LogP contribution in [0.25, 0.3) is 22.5 Å². The van der Waals surface area contributed by atoms with E-state index in [1.165, 1.54) is 0 Å². The molecule has 5 heteroatoms. The predicted octanol–water partition coefficient (Wildman–Crippen LogP) is 4.45. The highest BCUT2D eigenvalue weighted by Crippen LogP contribution is 2.30. The molecule has 0 saturated carbocycles. The smallest absolute Gasteiger partial charge is 0.120 e. The van der Waals surface area contributed by atoms with Gasteiger partial charge in [0.1, 0.15) is 11.4 Å². The lowest BCUT2D eigenvalue weighted by molar-refractivity contribution is 0.944. The third-order valence-corrected chi connectivity index (χ3v) is 3.21. The van der Waals surface area contributed by atoms with Crippen molar-refractivity contribution in [2.24, 2.45) is 0 Å². The molecule has 0 aliphatic heterocycles. The number of nitrogens with zero attached hydrogens (tertiary/aromatic N) is 2. The molecule has 3 aromatic rings. The van der Waals surface area contributed by atoms with E-state index in [0.29, 0.717) is 10.0 Å². The minimum Gasteiger partial charge on any atom is -0.197 e. The van der Waals surface area contributed by atoms with Crippen LogP contribution in [-0.4, -0.2) is 15.4 Å². The second-order valence-corrected chi connectivity index (χ2v) is 4.91. The van der Waals surface area contributed by atoms with E-state index in [-0.39, 0.29) is 0 Å². The van der Waals surface area contributed by atoms with Crippen molar-refractivity contribution in [1.82, 2.24) is 15.4 Å². The molecule has 1 aromatic heterocycles. The van der Waals surface area contributed by atoms with E-state index in [1.54, 1.807) is 0 Å². The molecule has 0 aliphatic rings. The van der Waals surface area contributed by atoms with Crippen LogP contribution < -0.4 is 0 Å². The van der Waals surface area contributed by atoms with Gasteiger partial charge in [-0.15, -0.1) is 0 Å². The summed E-state index contributed by atoms with van der Waals surface area (Å²) >= 11 is 12.0. The summed E-state index contributed by atoms with van der Waals surface area (Å²) < 4.78 is 0. The van der Waals surface area contributed by atoms with Gasteiger partial charge < -0.3 is 0 Å². The third-order valence-electron chi connectivity index (χ3n) is 2.74. The Hall–Kier alpha value is -1.84. The lowest BCUT2D eigenvalue weighted by atomic mass is 10.1. The molecule has 3 nitrogen and oxygen atoms in total. The number of benzene rings is 2. The number of hydrogen-bond donors (Lipinski definition) is 1. The maximum atomic E-state index is 6.01. The van der Waals surface area contributed by atoms with Crippen LogP contribution in [0.2, 0.25) is 10.0 Å². The van der Waals surface area contributed by atoms with Crippen LogP contribution in [0.5, 0.6) is 0 Å². The van der Waals surface area contributed by atoms with E-state index < -0.39 is 0 Å². The van der Waals surface area contributed by atoms with Crippen LogP contribution in [0.3, 0.4) is 0 Å². The zero-order chi connectivity index (χ0) is 13.2. The van der Waals surface area contributed by atoms with Crippen molar-refractivity contribution < 1.29 is 0 Å². The summed E-state index contributed by atoms with van der Waals surface area (Å²) in [5.41, 5.74) is 3.34. The fourth-order valence-corrected chi connectivity index (χ4v) is 2.29. The molecule has 94 valence electrons. The molecule has 0 radical (unpaired) electrons. The molecule has 0 fully saturated rings. The zero-order valence-corrected chi connectivity index (χ0v) is 11.3. The zero-order valence-electron chi connectivity index (χ0n) is 9.77. The SMILES string of the molecule is Clc1cccc(-c2n[nH]nc2-c2cccc(Cl)c2)c1. The number of aromatic amines is 1. The first-order chi connectivity index (χ1) is 9.24. The van der Waals surface area contributed by atoms with Crippen LogP contribution in [0.1, 0.15) is 0 Å². The highest BCUT2D eigenvalue weighted by Gasteiger charge is 2.12. The molecule has 0 unspecified atom stereocenters. The molecule has 1 N–H and O–H groups in total. The van der Waals surface area contributed by atoms with Crippen LogP contribution in [0, 0.1) is 0 Å². The maximum absolute atomic E-state index is 6.01. The van der Waals surface area contributed by atoms with Crippen LogP contribution >= 0.6 is 23.2 Å². The standard InChI is InChI=1S/C14H9Cl2N3/c15-11-5-1-3-9(7-11)13-14(18-19-17-13)10-4-2-6-12(16)8-10/h1-8H,(H,17,18,19). The summed E-state index contributed by atoms with van der Waals surface area (Å²) in [6, 6.07) is 15.0. The molecule has 2 aromatic carbocycles. The van der Waals surface area contributed by atoms with Gasteiger partial charge in [0, 0.05) is 21.2 Å². The van der Waals surface area contributed by atoms with Gasteiger partial charge in [-0.25, -0.2) is 0 Å². The van der Waals surface area contributed by atoms with E-state index in [0.717, 1.165) is 22.5 Å². The Balaban J connectivity index is 2.13. The summed E-state index contributed by atoms with van der Waals surface area (Å²) in [6.45, 7) is 0. The highest BCUT2D eigenvalue weighted by atomic mass is 35.5. The Bertz CT molecular complexity index is 662. The van der Waals surface area contributed by atoms with Crippen molar-refractivity contribution >= 4 is 23.2 Å². The number of H-pyrrole nitrogens is 1. The molecule has 0 amide bonds. The number of halogens is 2. The number of hydrogen-bond acceptors (Lipinski definition) is 2. The summed E-state index contributed by atoms with van der Waals surface area (Å²) in [6.07, 6.45) is 0. The average Bonchev–Trinajstić information content (AvgIpc) is 2.88. The fourth-order valence-electron chi connectivity index (χ4n) is 1.90. The van der Waals surface area contributed by atoms with E-state index in [2.05, 4.69) is 15.4 Å². The predicted molar refractivity (Wildman–Crippen MR) is 77.3 cm³/mol. The van der Waals surface area contributed by atoms with Gasteiger partial charge in [-0.1, -0.05) is 47.5 Å². The van der Waals surface area contributed by atoms with Crippen molar-refractivity contribution in [3.05, 3.63) is 58.6 Å². The van der Waals surface area contributed by atoms with Gasteiger partial charge in [0.15, 0.2) is 0 Å². The number of aromatic nitrogens is 3. The lowest BCUT2D eigenvalue weighted by Crippen LogP contribution is -1.84. The Kier molecular flexibility index (Phi) is 3.23. The largest absolute Gasteiger partial charge is 0.197 e. The van der Waals surface area contributed by atoms with Gasteiger partial charge in [0.25, 0.3) is 0 Å². The van der Waals surface area contributed by atoms with Gasteiger partial charge >= 0.3 is 0 Å². The topological polar surface area (TPSA) is 41.6 Å². The Morgan fingerprint density at radius 3 is 1.63 bits per heavy atom. The van der Waals surface area contributed by atoms with Crippen molar-refractivity contribution in [2.75, 3.05) is 0 Å². The second kappa shape index (κ2) is 5.03. The quantitative estimate of drug-likeness (QED) is 0.757. The first-order valence-corrected chi connectivity index (χ1v) is 6.42. The van der Waals surface area contributed by atoms with Gasteiger partial charge in [-0.2, -0.15) is 15.4 Å². The molecule has 0 atom stereocenters. The molecule has 1 heterocycles.